The molecule has 85 heavy (non-hydrogen) atoms. The van der Waals surface area contributed by atoms with Crippen molar-refractivity contribution in [3.05, 3.63) is 326 Å². The summed E-state index contributed by atoms with van der Waals surface area (Å²) in [7, 11) is 0. The molecule has 18 rings (SSSR count). The lowest BCUT2D eigenvalue weighted by Crippen LogP contribution is -2.25. The molecule has 2 aliphatic carbocycles. The molecule has 0 bridgehead atoms. The van der Waals surface area contributed by atoms with Crippen LogP contribution in [-0.2, 0) is 5.41 Å². The molecule has 396 valence electrons. The lowest BCUT2D eigenvalue weighted by molar-refractivity contribution is 0.670. The maximum Gasteiger partial charge on any atom is 0.159 e. The summed E-state index contributed by atoms with van der Waals surface area (Å²) in [5.74, 6) is 0. The molecule has 2 aliphatic rings. The van der Waals surface area contributed by atoms with Crippen molar-refractivity contribution < 1.29 is 8.83 Å². The number of benzene rings is 14. The van der Waals surface area contributed by atoms with E-state index in [2.05, 4.69) is 313 Å². The number of fused-ring (bicyclic) bond motifs is 18. The van der Waals surface area contributed by atoms with Crippen LogP contribution in [0, 0.1) is 0 Å². The molecule has 1 spiro atoms. The minimum Gasteiger partial charge on any atom is -0.453 e. The van der Waals surface area contributed by atoms with Gasteiger partial charge < -0.3 is 18.6 Å². The Bertz CT molecular complexity index is 5040. The minimum absolute atomic E-state index is 0.600. The predicted octanol–water partition coefficient (Wildman–Crippen LogP) is 22.4. The quantitative estimate of drug-likeness (QED) is 0.152. The lowest BCUT2D eigenvalue weighted by atomic mass is 9.70. The second-order valence-corrected chi connectivity index (χ2v) is 22.6. The lowest BCUT2D eigenvalue weighted by Gasteiger charge is -2.31. The Morgan fingerprint density at radius 1 is 0.224 bits per heavy atom. The van der Waals surface area contributed by atoms with E-state index < -0.39 is 5.41 Å². The number of hydrogen-bond donors (Lipinski definition) is 0. The van der Waals surface area contributed by atoms with Crippen molar-refractivity contribution in [2.45, 2.75) is 5.41 Å². The number of anilines is 6. The molecule has 0 saturated heterocycles. The van der Waals surface area contributed by atoms with Gasteiger partial charge in [-0.05, 0) is 162 Å². The Labute approximate surface area is 490 Å². The van der Waals surface area contributed by atoms with Crippen LogP contribution >= 0.6 is 0 Å². The fourth-order valence-corrected chi connectivity index (χ4v) is 14.5. The van der Waals surface area contributed by atoms with Crippen LogP contribution in [0.3, 0.4) is 0 Å². The highest BCUT2D eigenvalue weighted by Crippen LogP contribution is 2.64. The van der Waals surface area contributed by atoms with Gasteiger partial charge in [0.25, 0.3) is 0 Å². The Kier molecular flexibility index (Phi) is 10.3. The van der Waals surface area contributed by atoms with Crippen LogP contribution in [0.1, 0.15) is 22.3 Å². The molecular formula is C81H50N2O2. The molecule has 4 nitrogen and oxygen atoms in total. The van der Waals surface area contributed by atoms with Crippen LogP contribution in [0.5, 0.6) is 0 Å². The van der Waals surface area contributed by atoms with E-state index >= 15 is 0 Å². The smallest absolute Gasteiger partial charge is 0.159 e. The van der Waals surface area contributed by atoms with Crippen molar-refractivity contribution in [2.24, 2.45) is 0 Å². The van der Waals surface area contributed by atoms with E-state index in [0.717, 1.165) is 111 Å². The van der Waals surface area contributed by atoms with E-state index in [1.165, 1.54) is 55.3 Å². The summed E-state index contributed by atoms with van der Waals surface area (Å²) >= 11 is 0. The molecule has 2 heterocycles. The van der Waals surface area contributed by atoms with Gasteiger partial charge in [-0.15, -0.1) is 0 Å². The van der Waals surface area contributed by atoms with Crippen LogP contribution < -0.4 is 9.80 Å². The molecule has 0 saturated carbocycles. The van der Waals surface area contributed by atoms with Gasteiger partial charge in [0, 0.05) is 55.4 Å². The topological polar surface area (TPSA) is 32.8 Å². The molecule has 4 heteroatoms. The zero-order valence-corrected chi connectivity index (χ0v) is 46.1. The molecule has 0 atom stereocenters. The molecular weight excluding hydrogens is 1030 g/mol. The first-order valence-corrected chi connectivity index (χ1v) is 29.2. The highest BCUT2D eigenvalue weighted by molar-refractivity contribution is 6.16. The minimum atomic E-state index is -0.600. The number of furan rings is 2. The van der Waals surface area contributed by atoms with Crippen molar-refractivity contribution in [3.8, 4) is 44.5 Å². The van der Waals surface area contributed by atoms with Crippen LogP contribution in [0.15, 0.2) is 312 Å². The van der Waals surface area contributed by atoms with E-state index in [0.29, 0.717) is 0 Å². The Balaban J connectivity index is 0.830. The van der Waals surface area contributed by atoms with E-state index in [1.54, 1.807) is 0 Å². The molecule has 0 radical (unpaired) electrons. The molecule has 14 aromatic carbocycles. The standard InChI is InChI=1S/C81H50N2O2/c1-5-21-51(22-6-1)61-31-17-33-65-67-35-19-39-75(79(67)84-77(61)65)82(57-25-9-3-10-26-57)59-43-41-53-47-69-70-48-54-42-44-60(46-56(54)50-74(70)81(73(69)49-55(53)45-59)71-37-15-13-29-63(71)64-30-14-16-38-72(64)81)83(58-27-11-4-12-28-58)76-40-20-36-68-66-34-18-32-62(78(66)85-80(68)76)52-23-7-2-8-24-52/h1-50H. The Morgan fingerprint density at radius 2 is 0.588 bits per heavy atom. The van der Waals surface area contributed by atoms with Gasteiger partial charge in [-0.3, -0.25) is 0 Å². The first-order chi connectivity index (χ1) is 42.2. The van der Waals surface area contributed by atoms with Gasteiger partial charge >= 0.3 is 0 Å². The van der Waals surface area contributed by atoms with Gasteiger partial charge in [0.2, 0.25) is 0 Å². The van der Waals surface area contributed by atoms with Gasteiger partial charge in [0.15, 0.2) is 11.2 Å². The zero-order chi connectivity index (χ0) is 55.7. The Hall–Kier alpha value is -11.2. The molecule has 0 N–H and O–H groups in total. The summed E-state index contributed by atoms with van der Waals surface area (Å²) < 4.78 is 14.2. The van der Waals surface area contributed by atoms with Gasteiger partial charge in [-0.25, -0.2) is 0 Å². The van der Waals surface area contributed by atoms with Crippen molar-refractivity contribution >= 4 is 99.5 Å². The average Bonchev–Trinajstić information content (AvgIpc) is 2.03. The van der Waals surface area contributed by atoms with Crippen molar-refractivity contribution in [2.75, 3.05) is 9.80 Å². The van der Waals surface area contributed by atoms with Gasteiger partial charge in [0.05, 0.1) is 16.8 Å². The van der Waals surface area contributed by atoms with Crippen molar-refractivity contribution in [1.29, 1.82) is 0 Å². The second kappa shape index (κ2) is 18.4. The third kappa shape index (κ3) is 6.97. The highest BCUT2D eigenvalue weighted by atomic mass is 16.3. The fourth-order valence-electron chi connectivity index (χ4n) is 14.5. The number of para-hydroxylation sites is 6. The second-order valence-electron chi connectivity index (χ2n) is 22.6. The summed E-state index contributed by atoms with van der Waals surface area (Å²) in [6.45, 7) is 0. The first-order valence-electron chi connectivity index (χ1n) is 29.2. The van der Waals surface area contributed by atoms with Gasteiger partial charge in [0.1, 0.15) is 11.2 Å². The fraction of sp³-hybridized carbons (Fsp3) is 0.0123. The summed E-state index contributed by atoms with van der Waals surface area (Å²) in [4.78, 5) is 4.73. The van der Waals surface area contributed by atoms with Crippen LogP contribution in [0.25, 0.3) is 110 Å². The number of rotatable bonds is 8. The normalized spacial score (nSPS) is 12.8. The molecule has 16 aromatic rings. The third-order valence-electron chi connectivity index (χ3n) is 18.2. The monoisotopic (exact) mass is 1080 g/mol. The maximum absolute atomic E-state index is 7.10. The molecule has 0 aliphatic heterocycles. The van der Waals surface area contributed by atoms with Gasteiger partial charge in [-0.2, -0.15) is 0 Å². The summed E-state index contributed by atoms with van der Waals surface area (Å²) in [6, 6.07) is 111. The largest absolute Gasteiger partial charge is 0.453 e. The first kappa shape index (κ1) is 47.4. The third-order valence-corrected chi connectivity index (χ3v) is 18.2. The van der Waals surface area contributed by atoms with E-state index in [9.17, 15) is 0 Å². The molecule has 0 unspecified atom stereocenters. The SMILES string of the molecule is c1ccc(-c2cccc3c2oc2c(N(c4ccccc4)c4ccc5cc6c(cc5c4)C4(c5ccccc5-c5ccccc54)c4cc5cc(N(c7ccccc7)c7cccc8c7oc7c(-c9ccccc9)cccc78)ccc5cc4-6)cccc23)cc1. The van der Waals surface area contributed by atoms with E-state index in [1.807, 2.05) is 0 Å². The van der Waals surface area contributed by atoms with Crippen molar-refractivity contribution in [3.63, 3.8) is 0 Å². The number of nitrogens with zero attached hydrogens (tertiary/aromatic N) is 2. The Morgan fingerprint density at radius 3 is 1.02 bits per heavy atom. The predicted molar refractivity (Wildman–Crippen MR) is 353 cm³/mol. The average molecular weight is 1080 g/mol. The number of hydrogen-bond acceptors (Lipinski definition) is 4. The van der Waals surface area contributed by atoms with Crippen LogP contribution in [-0.4, -0.2) is 0 Å². The molecule has 0 amide bonds. The highest BCUT2D eigenvalue weighted by Gasteiger charge is 2.52. The summed E-state index contributed by atoms with van der Waals surface area (Å²) in [5, 5.41) is 9.03. The van der Waals surface area contributed by atoms with E-state index in [4.69, 9.17) is 8.83 Å². The maximum atomic E-state index is 7.10. The molecule has 0 fully saturated rings. The summed E-state index contributed by atoms with van der Waals surface area (Å²) in [6.07, 6.45) is 0. The molecule has 2 aromatic heterocycles. The van der Waals surface area contributed by atoms with Crippen LogP contribution in [0.4, 0.5) is 34.1 Å². The zero-order valence-electron chi connectivity index (χ0n) is 46.1. The van der Waals surface area contributed by atoms with Crippen LogP contribution in [0.2, 0.25) is 0 Å². The summed E-state index contributed by atoms with van der Waals surface area (Å²) in [5.41, 5.74) is 23.6. The van der Waals surface area contributed by atoms with E-state index in [-0.39, 0.29) is 0 Å². The van der Waals surface area contributed by atoms with Crippen molar-refractivity contribution in [1.82, 2.24) is 0 Å². The van der Waals surface area contributed by atoms with Gasteiger partial charge in [-0.1, -0.05) is 218 Å².